The lowest BCUT2D eigenvalue weighted by molar-refractivity contribution is -0.123. The van der Waals surface area contributed by atoms with Crippen molar-refractivity contribution in [3.8, 4) is 0 Å². The molecule has 2 N–H and O–H groups in total. The molecule has 0 saturated heterocycles. The van der Waals surface area contributed by atoms with Crippen molar-refractivity contribution < 1.29 is 23.9 Å². The average molecular weight is 368 g/mol. The Morgan fingerprint density at radius 3 is 2.30 bits per heavy atom. The minimum Gasteiger partial charge on any atom is -0.449 e. The monoisotopic (exact) mass is 368 g/mol. The van der Waals surface area contributed by atoms with Crippen molar-refractivity contribution >= 4 is 34.9 Å². The largest absolute Gasteiger partial charge is 0.449 e. The number of esters is 1. The smallest absolute Gasteiger partial charge is 0.338 e. The van der Waals surface area contributed by atoms with E-state index >= 15 is 0 Å². The number of hydrogen-bond acceptors (Lipinski definition) is 5. The number of benzene rings is 2. The fourth-order valence-corrected chi connectivity index (χ4v) is 2.34. The molecule has 0 aliphatic heterocycles. The fourth-order valence-electron chi connectivity index (χ4n) is 2.34. The highest BCUT2D eigenvalue weighted by Gasteiger charge is 2.20. The number of carbonyl (C=O) groups excluding carboxylic acids is 4. The third-order valence-corrected chi connectivity index (χ3v) is 3.64. The van der Waals surface area contributed by atoms with Crippen LogP contribution in [0.15, 0.2) is 48.5 Å². The van der Waals surface area contributed by atoms with Gasteiger partial charge in [-0.25, -0.2) is 4.79 Å². The Morgan fingerprint density at radius 1 is 0.926 bits per heavy atom. The van der Waals surface area contributed by atoms with Crippen LogP contribution in [0.5, 0.6) is 0 Å². The van der Waals surface area contributed by atoms with Gasteiger partial charge in [-0.2, -0.15) is 0 Å². The van der Waals surface area contributed by atoms with E-state index in [1.807, 2.05) is 0 Å². The zero-order valence-electron chi connectivity index (χ0n) is 15.2. The third kappa shape index (κ3) is 5.50. The topological polar surface area (TPSA) is 102 Å². The molecule has 140 valence electrons. The van der Waals surface area contributed by atoms with Crippen molar-refractivity contribution in [1.82, 2.24) is 0 Å². The van der Waals surface area contributed by atoms with E-state index in [0.29, 0.717) is 16.9 Å². The SMILES string of the molecule is CC(=O)Nc1cccc(C(=O)OC(C)C(=O)Nc2ccccc2C(C)=O)c1. The molecule has 7 nitrogen and oxygen atoms in total. The molecule has 0 aliphatic carbocycles. The van der Waals surface area contributed by atoms with Crippen LogP contribution >= 0.6 is 0 Å². The summed E-state index contributed by atoms with van der Waals surface area (Å²) in [6.45, 7) is 4.19. The number of para-hydroxylation sites is 1. The first kappa shape index (κ1) is 19.8. The lowest BCUT2D eigenvalue weighted by atomic mass is 10.1. The molecule has 0 radical (unpaired) electrons. The van der Waals surface area contributed by atoms with E-state index in [9.17, 15) is 19.2 Å². The number of rotatable bonds is 6. The summed E-state index contributed by atoms with van der Waals surface area (Å²) in [4.78, 5) is 47.3. The summed E-state index contributed by atoms with van der Waals surface area (Å²) in [5.74, 6) is -1.72. The second-order valence-corrected chi connectivity index (χ2v) is 5.90. The summed E-state index contributed by atoms with van der Waals surface area (Å²) < 4.78 is 5.18. The highest BCUT2D eigenvalue weighted by Crippen LogP contribution is 2.17. The fraction of sp³-hybridized carbons (Fsp3) is 0.200. The summed E-state index contributed by atoms with van der Waals surface area (Å²) in [5, 5.41) is 5.16. The molecule has 1 unspecified atom stereocenters. The Bertz CT molecular complexity index is 891. The first-order chi connectivity index (χ1) is 12.8. The van der Waals surface area contributed by atoms with Crippen LogP contribution in [0.4, 0.5) is 11.4 Å². The van der Waals surface area contributed by atoms with Crippen molar-refractivity contribution in [2.24, 2.45) is 0 Å². The highest BCUT2D eigenvalue weighted by atomic mass is 16.5. The van der Waals surface area contributed by atoms with Crippen LogP contribution in [-0.4, -0.2) is 29.7 Å². The minimum absolute atomic E-state index is 0.190. The van der Waals surface area contributed by atoms with Gasteiger partial charge in [0.05, 0.1) is 11.3 Å². The molecule has 0 saturated carbocycles. The molecule has 27 heavy (non-hydrogen) atoms. The Labute approximate surface area is 156 Å². The van der Waals surface area contributed by atoms with Crippen LogP contribution in [0.25, 0.3) is 0 Å². The molecule has 2 aromatic carbocycles. The van der Waals surface area contributed by atoms with Gasteiger partial charge in [-0.3, -0.25) is 14.4 Å². The van der Waals surface area contributed by atoms with Gasteiger partial charge in [0.1, 0.15) is 0 Å². The van der Waals surface area contributed by atoms with Crippen molar-refractivity contribution in [2.45, 2.75) is 26.9 Å². The molecule has 2 amide bonds. The summed E-state index contributed by atoms with van der Waals surface area (Å²) >= 11 is 0. The molecule has 0 heterocycles. The predicted octanol–water partition coefficient (Wildman–Crippen LogP) is 3.03. The molecule has 0 aliphatic rings. The number of nitrogens with one attached hydrogen (secondary N) is 2. The Morgan fingerprint density at radius 2 is 1.63 bits per heavy atom. The lowest BCUT2D eigenvalue weighted by Crippen LogP contribution is -2.30. The molecule has 2 aromatic rings. The van der Waals surface area contributed by atoms with E-state index in [1.54, 1.807) is 36.4 Å². The maximum atomic E-state index is 12.3. The van der Waals surface area contributed by atoms with E-state index in [0.717, 1.165) is 0 Å². The van der Waals surface area contributed by atoms with Gasteiger partial charge in [-0.15, -0.1) is 0 Å². The Balaban J connectivity index is 2.05. The van der Waals surface area contributed by atoms with E-state index < -0.39 is 18.0 Å². The van der Waals surface area contributed by atoms with Crippen LogP contribution in [-0.2, 0) is 14.3 Å². The van der Waals surface area contributed by atoms with Gasteiger partial charge in [0, 0.05) is 18.2 Å². The van der Waals surface area contributed by atoms with Gasteiger partial charge in [0.25, 0.3) is 5.91 Å². The summed E-state index contributed by atoms with van der Waals surface area (Å²) in [5.41, 5.74) is 1.37. The van der Waals surface area contributed by atoms with Gasteiger partial charge in [0.2, 0.25) is 5.91 Å². The van der Waals surface area contributed by atoms with Crippen molar-refractivity contribution in [1.29, 1.82) is 0 Å². The van der Waals surface area contributed by atoms with Crippen LogP contribution < -0.4 is 10.6 Å². The van der Waals surface area contributed by atoms with E-state index in [2.05, 4.69) is 10.6 Å². The zero-order chi connectivity index (χ0) is 20.0. The lowest BCUT2D eigenvalue weighted by Gasteiger charge is -2.15. The van der Waals surface area contributed by atoms with Gasteiger partial charge in [-0.05, 0) is 44.2 Å². The predicted molar refractivity (Wildman–Crippen MR) is 101 cm³/mol. The maximum Gasteiger partial charge on any atom is 0.338 e. The quantitative estimate of drug-likeness (QED) is 0.603. The molecule has 2 rings (SSSR count). The Hall–Kier alpha value is -3.48. The molecule has 0 aromatic heterocycles. The van der Waals surface area contributed by atoms with E-state index in [4.69, 9.17) is 4.74 Å². The van der Waals surface area contributed by atoms with E-state index in [-0.39, 0.29) is 17.3 Å². The molecule has 0 spiro atoms. The number of amides is 2. The van der Waals surface area contributed by atoms with Gasteiger partial charge in [0.15, 0.2) is 11.9 Å². The number of Topliss-reactive ketones (excluding diaryl/α,β-unsaturated/α-hetero) is 1. The van der Waals surface area contributed by atoms with Crippen LogP contribution in [0.3, 0.4) is 0 Å². The number of hydrogen-bond donors (Lipinski definition) is 2. The van der Waals surface area contributed by atoms with Gasteiger partial charge in [-0.1, -0.05) is 18.2 Å². The maximum absolute atomic E-state index is 12.3. The van der Waals surface area contributed by atoms with Crippen LogP contribution in [0.1, 0.15) is 41.5 Å². The number of anilines is 2. The van der Waals surface area contributed by atoms with Crippen molar-refractivity contribution in [3.63, 3.8) is 0 Å². The molecular weight excluding hydrogens is 348 g/mol. The highest BCUT2D eigenvalue weighted by molar-refractivity contribution is 6.05. The zero-order valence-corrected chi connectivity index (χ0v) is 15.2. The van der Waals surface area contributed by atoms with Crippen LogP contribution in [0, 0.1) is 0 Å². The second-order valence-electron chi connectivity index (χ2n) is 5.90. The van der Waals surface area contributed by atoms with Crippen LogP contribution in [0.2, 0.25) is 0 Å². The van der Waals surface area contributed by atoms with Crippen molar-refractivity contribution in [3.05, 3.63) is 59.7 Å². The minimum atomic E-state index is -1.08. The summed E-state index contributed by atoms with van der Waals surface area (Å²) in [6, 6.07) is 12.8. The molecule has 0 fully saturated rings. The second kappa shape index (κ2) is 8.75. The van der Waals surface area contributed by atoms with Crippen molar-refractivity contribution in [2.75, 3.05) is 10.6 Å². The van der Waals surface area contributed by atoms with E-state index in [1.165, 1.54) is 32.9 Å². The third-order valence-electron chi connectivity index (χ3n) is 3.64. The number of ether oxygens (including phenoxy) is 1. The molecule has 7 heteroatoms. The first-order valence-electron chi connectivity index (χ1n) is 8.27. The standard InChI is InChI=1S/C20H20N2O5/c1-12(23)17-9-4-5-10-18(17)22-19(25)13(2)27-20(26)15-7-6-8-16(11-15)21-14(3)24/h4-11,13H,1-3H3,(H,21,24)(H,22,25). The summed E-state index contributed by atoms with van der Waals surface area (Å²) in [7, 11) is 0. The normalized spacial score (nSPS) is 11.2. The average Bonchev–Trinajstić information content (AvgIpc) is 2.61. The molecular formula is C20H20N2O5. The number of ketones is 1. The number of carbonyl (C=O) groups is 4. The molecule has 0 bridgehead atoms. The van der Waals surface area contributed by atoms with Gasteiger partial charge < -0.3 is 15.4 Å². The summed E-state index contributed by atoms with van der Waals surface area (Å²) in [6.07, 6.45) is -1.08. The molecule has 1 atom stereocenters. The first-order valence-corrected chi connectivity index (χ1v) is 8.27. The van der Waals surface area contributed by atoms with Gasteiger partial charge >= 0.3 is 5.97 Å². The Kier molecular flexibility index (Phi) is 6.43.